The van der Waals surface area contributed by atoms with E-state index in [1.807, 2.05) is 11.0 Å². The van der Waals surface area contributed by atoms with Gasteiger partial charge in [0.1, 0.15) is 11.9 Å². The van der Waals surface area contributed by atoms with Crippen molar-refractivity contribution in [2.75, 3.05) is 13.1 Å². The Morgan fingerprint density at radius 3 is 2.87 bits per heavy atom. The summed E-state index contributed by atoms with van der Waals surface area (Å²) in [6.07, 6.45) is -0.285. The van der Waals surface area contributed by atoms with E-state index in [1.54, 1.807) is 12.1 Å². The lowest BCUT2D eigenvalue weighted by Gasteiger charge is -2.35. The van der Waals surface area contributed by atoms with Crippen LogP contribution in [-0.4, -0.2) is 29.2 Å². The quantitative estimate of drug-likeness (QED) is 0.781. The number of hydrogen-bond acceptors (Lipinski definition) is 3. The van der Waals surface area contributed by atoms with Crippen LogP contribution < -0.4 is 0 Å². The van der Waals surface area contributed by atoms with Gasteiger partial charge in [-0.05, 0) is 6.07 Å². The molecule has 1 aliphatic rings. The molecule has 1 aromatic rings. The zero-order valence-electron chi connectivity index (χ0n) is 8.15. The molecule has 15 heavy (non-hydrogen) atoms. The molecule has 0 atom stereocenters. The second kappa shape index (κ2) is 3.97. The fraction of sp³-hybridized carbons (Fsp3) is 0.364. The van der Waals surface area contributed by atoms with Gasteiger partial charge in [0, 0.05) is 25.2 Å². The average molecular weight is 206 g/mol. The van der Waals surface area contributed by atoms with Crippen molar-refractivity contribution in [2.45, 2.75) is 12.6 Å². The topological polar surface area (TPSA) is 47.3 Å². The predicted octanol–water partition coefficient (Wildman–Crippen LogP) is 0.874. The minimum atomic E-state index is -0.443. The van der Waals surface area contributed by atoms with Gasteiger partial charge in [-0.3, -0.25) is 4.90 Å². The van der Waals surface area contributed by atoms with Crippen LogP contribution >= 0.6 is 0 Å². The number of β-amino-alcohol motifs (C(OH)–C–C–N with tert-alkyl or cyclic N) is 1. The van der Waals surface area contributed by atoms with Gasteiger partial charge >= 0.3 is 0 Å². The molecule has 1 heterocycles. The summed E-state index contributed by atoms with van der Waals surface area (Å²) in [5, 5.41) is 17.7. The molecule has 3 nitrogen and oxygen atoms in total. The van der Waals surface area contributed by atoms with Crippen molar-refractivity contribution < 1.29 is 9.50 Å². The van der Waals surface area contributed by atoms with E-state index in [4.69, 9.17) is 10.4 Å². The molecule has 0 amide bonds. The lowest BCUT2D eigenvalue weighted by molar-refractivity contribution is -0.00342. The molecule has 0 saturated carbocycles. The highest BCUT2D eigenvalue weighted by Gasteiger charge is 2.25. The van der Waals surface area contributed by atoms with Crippen LogP contribution in [0.4, 0.5) is 4.39 Å². The first-order valence-electron chi connectivity index (χ1n) is 4.78. The Hall–Kier alpha value is -1.44. The van der Waals surface area contributed by atoms with Crippen LogP contribution in [0.3, 0.4) is 0 Å². The van der Waals surface area contributed by atoms with E-state index in [0.717, 1.165) is 0 Å². The van der Waals surface area contributed by atoms with E-state index in [-0.39, 0.29) is 11.7 Å². The molecule has 1 aromatic carbocycles. The Morgan fingerprint density at radius 2 is 2.27 bits per heavy atom. The molecular weight excluding hydrogens is 195 g/mol. The number of likely N-dealkylation sites (tertiary alicyclic amines) is 1. The first-order chi connectivity index (χ1) is 7.20. The number of halogens is 1. The Bertz CT molecular complexity index is 408. The zero-order chi connectivity index (χ0) is 10.8. The number of rotatable bonds is 2. The number of benzene rings is 1. The number of aliphatic hydroxyl groups is 1. The highest BCUT2D eigenvalue weighted by atomic mass is 19.1. The fourth-order valence-corrected chi connectivity index (χ4v) is 1.70. The number of nitrogens with zero attached hydrogens (tertiary/aromatic N) is 2. The first kappa shape index (κ1) is 10.1. The lowest BCUT2D eigenvalue weighted by atomic mass is 10.1. The molecule has 0 bridgehead atoms. The van der Waals surface area contributed by atoms with Crippen molar-refractivity contribution in [2.24, 2.45) is 0 Å². The van der Waals surface area contributed by atoms with Crippen molar-refractivity contribution in [3.63, 3.8) is 0 Å². The monoisotopic (exact) mass is 206 g/mol. The van der Waals surface area contributed by atoms with Crippen molar-refractivity contribution >= 4 is 0 Å². The molecule has 0 unspecified atom stereocenters. The highest BCUT2D eigenvalue weighted by molar-refractivity contribution is 5.34. The smallest absolute Gasteiger partial charge is 0.145 e. The Morgan fingerprint density at radius 1 is 1.53 bits per heavy atom. The maximum absolute atomic E-state index is 13.6. The van der Waals surface area contributed by atoms with E-state index in [0.29, 0.717) is 25.2 Å². The minimum absolute atomic E-state index is 0.0774. The SMILES string of the molecule is N#Cc1cccc(CN2CC(O)C2)c1F. The van der Waals surface area contributed by atoms with Crippen molar-refractivity contribution in [1.82, 2.24) is 4.90 Å². The van der Waals surface area contributed by atoms with E-state index in [2.05, 4.69) is 0 Å². The van der Waals surface area contributed by atoms with Crippen LogP contribution in [0.15, 0.2) is 18.2 Å². The second-order valence-corrected chi connectivity index (χ2v) is 3.74. The summed E-state index contributed by atoms with van der Waals surface area (Å²) in [6, 6.07) is 6.61. The van der Waals surface area contributed by atoms with Crippen molar-refractivity contribution in [3.8, 4) is 6.07 Å². The van der Waals surface area contributed by atoms with E-state index < -0.39 is 5.82 Å². The van der Waals surface area contributed by atoms with Crippen LogP contribution in [0.2, 0.25) is 0 Å². The lowest BCUT2D eigenvalue weighted by Crippen LogP contribution is -2.49. The van der Waals surface area contributed by atoms with Crippen LogP contribution in [-0.2, 0) is 6.54 Å². The van der Waals surface area contributed by atoms with Crippen LogP contribution in [0.5, 0.6) is 0 Å². The summed E-state index contributed by atoms with van der Waals surface area (Å²) in [4.78, 5) is 1.93. The summed E-state index contributed by atoms with van der Waals surface area (Å²) < 4.78 is 13.6. The Balaban J connectivity index is 2.12. The Labute approximate surface area is 87.4 Å². The standard InChI is InChI=1S/C11H11FN2O/c12-11-8(4-13)2-1-3-9(11)5-14-6-10(15)7-14/h1-3,10,15H,5-7H2. The van der Waals surface area contributed by atoms with Gasteiger partial charge in [-0.2, -0.15) is 5.26 Å². The number of hydrogen-bond donors (Lipinski definition) is 1. The number of nitriles is 1. The van der Waals surface area contributed by atoms with Gasteiger partial charge in [0.15, 0.2) is 0 Å². The molecule has 1 saturated heterocycles. The molecule has 0 aromatic heterocycles. The van der Waals surface area contributed by atoms with E-state index in [1.165, 1.54) is 6.07 Å². The molecular formula is C11H11FN2O. The third-order valence-corrected chi connectivity index (χ3v) is 2.53. The first-order valence-corrected chi connectivity index (χ1v) is 4.78. The molecule has 1 N–H and O–H groups in total. The van der Waals surface area contributed by atoms with Gasteiger partial charge < -0.3 is 5.11 Å². The second-order valence-electron chi connectivity index (χ2n) is 3.74. The van der Waals surface area contributed by atoms with E-state index >= 15 is 0 Å². The largest absolute Gasteiger partial charge is 0.390 e. The minimum Gasteiger partial charge on any atom is -0.390 e. The van der Waals surface area contributed by atoms with Crippen molar-refractivity contribution in [3.05, 3.63) is 35.1 Å². The van der Waals surface area contributed by atoms with Gasteiger partial charge in [0.05, 0.1) is 11.7 Å². The van der Waals surface area contributed by atoms with E-state index in [9.17, 15) is 4.39 Å². The molecule has 0 spiro atoms. The van der Waals surface area contributed by atoms with Gasteiger partial charge in [-0.15, -0.1) is 0 Å². The maximum atomic E-state index is 13.6. The molecule has 2 rings (SSSR count). The maximum Gasteiger partial charge on any atom is 0.145 e. The normalized spacial score (nSPS) is 17.1. The average Bonchev–Trinajstić information content (AvgIpc) is 2.18. The van der Waals surface area contributed by atoms with Crippen LogP contribution in [0.1, 0.15) is 11.1 Å². The zero-order valence-corrected chi connectivity index (χ0v) is 8.15. The molecule has 1 fully saturated rings. The van der Waals surface area contributed by atoms with Gasteiger partial charge in [-0.1, -0.05) is 12.1 Å². The summed E-state index contributed by atoms with van der Waals surface area (Å²) in [7, 11) is 0. The fourth-order valence-electron chi connectivity index (χ4n) is 1.70. The molecule has 4 heteroatoms. The third kappa shape index (κ3) is 1.99. The van der Waals surface area contributed by atoms with Crippen LogP contribution in [0, 0.1) is 17.1 Å². The Kier molecular flexibility index (Phi) is 2.67. The molecule has 1 aliphatic heterocycles. The highest BCUT2D eigenvalue weighted by Crippen LogP contribution is 2.17. The molecule has 0 radical (unpaired) electrons. The number of aliphatic hydroxyl groups excluding tert-OH is 1. The third-order valence-electron chi connectivity index (χ3n) is 2.53. The van der Waals surface area contributed by atoms with Crippen LogP contribution in [0.25, 0.3) is 0 Å². The van der Waals surface area contributed by atoms with Gasteiger partial charge in [0.25, 0.3) is 0 Å². The molecule has 0 aliphatic carbocycles. The summed E-state index contributed by atoms with van der Waals surface area (Å²) in [6.45, 7) is 1.62. The predicted molar refractivity (Wildman–Crippen MR) is 52.4 cm³/mol. The van der Waals surface area contributed by atoms with Crippen molar-refractivity contribution in [1.29, 1.82) is 5.26 Å². The summed E-state index contributed by atoms with van der Waals surface area (Å²) in [5.41, 5.74) is 0.592. The summed E-state index contributed by atoms with van der Waals surface area (Å²) >= 11 is 0. The van der Waals surface area contributed by atoms with Gasteiger partial charge in [-0.25, -0.2) is 4.39 Å². The molecule has 78 valence electrons. The summed E-state index contributed by atoms with van der Waals surface area (Å²) in [5.74, 6) is -0.443. The van der Waals surface area contributed by atoms with Gasteiger partial charge in [0.2, 0.25) is 0 Å².